The first kappa shape index (κ1) is 20.5. The number of hydrogen-bond donors (Lipinski definition) is 1. The van der Waals surface area contributed by atoms with Gasteiger partial charge < -0.3 is 10.5 Å². The van der Waals surface area contributed by atoms with Crippen LogP contribution in [0.15, 0.2) is 47.2 Å². The predicted molar refractivity (Wildman–Crippen MR) is 110 cm³/mol. The molecule has 0 radical (unpaired) electrons. The number of nitrogens with zero attached hydrogens (tertiary/aromatic N) is 3. The molecule has 5 nitrogen and oxygen atoms in total. The molecule has 0 amide bonds. The highest BCUT2D eigenvalue weighted by atomic mass is 16.5. The number of hydrogen-bond acceptors (Lipinski definition) is 5. The predicted octanol–water partition coefficient (Wildman–Crippen LogP) is 4.70. The smallest absolute Gasteiger partial charge is 0.191 e. The van der Waals surface area contributed by atoms with Crippen LogP contribution >= 0.6 is 0 Å². The highest BCUT2D eigenvalue weighted by Gasteiger charge is 2.55. The minimum atomic E-state index is -1.61. The van der Waals surface area contributed by atoms with E-state index in [9.17, 15) is 15.8 Å². The fourth-order valence-electron chi connectivity index (χ4n) is 4.74. The van der Waals surface area contributed by atoms with Gasteiger partial charge in [-0.15, -0.1) is 0 Å². The van der Waals surface area contributed by atoms with Crippen LogP contribution < -0.4 is 10.5 Å². The summed E-state index contributed by atoms with van der Waals surface area (Å²) in [5.41, 5.74) is 6.80. The average molecular weight is 386 g/mol. The van der Waals surface area contributed by atoms with Crippen molar-refractivity contribution in [3.05, 3.63) is 52.7 Å². The standard InChI is InChI=1S/C24H26N4O/c1-4-16-9-10-17-19(11-16)22(18-7-5-6-8-21(18)29-15(2)3)24(13-26,14-27)23(28)20(17)12-25/h5-8,10,15-16,19,22H,4,9,11,28H2,1-3H3. The molecule has 3 atom stereocenters. The van der Waals surface area contributed by atoms with Crippen molar-refractivity contribution >= 4 is 0 Å². The van der Waals surface area contributed by atoms with E-state index in [0.29, 0.717) is 17.2 Å². The van der Waals surface area contributed by atoms with Gasteiger partial charge in [-0.25, -0.2) is 0 Å². The Morgan fingerprint density at radius 2 is 1.90 bits per heavy atom. The maximum Gasteiger partial charge on any atom is 0.191 e. The van der Waals surface area contributed by atoms with E-state index in [4.69, 9.17) is 10.5 Å². The zero-order chi connectivity index (χ0) is 21.2. The fourth-order valence-corrected chi connectivity index (χ4v) is 4.74. The molecule has 2 N–H and O–H groups in total. The van der Waals surface area contributed by atoms with Crippen LogP contribution in [-0.4, -0.2) is 6.10 Å². The Labute approximate surface area is 172 Å². The summed E-state index contributed by atoms with van der Waals surface area (Å²) in [4.78, 5) is 0. The quantitative estimate of drug-likeness (QED) is 0.807. The molecule has 5 heteroatoms. The second kappa shape index (κ2) is 8.02. The van der Waals surface area contributed by atoms with E-state index < -0.39 is 11.3 Å². The van der Waals surface area contributed by atoms with Crippen molar-refractivity contribution in [1.29, 1.82) is 15.8 Å². The highest BCUT2D eigenvalue weighted by molar-refractivity contribution is 5.60. The molecule has 1 aromatic carbocycles. The van der Waals surface area contributed by atoms with Gasteiger partial charge in [0.1, 0.15) is 11.8 Å². The summed E-state index contributed by atoms with van der Waals surface area (Å²) >= 11 is 0. The van der Waals surface area contributed by atoms with Crippen molar-refractivity contribution < 1.29 is 4.74 Å². The van der Waals surface area contributed by atoms with Crippen molar-refractivity contribution in [3.8, 4) is 24.0 Å². The maximum absolute atomic E-state index is 10.2. The summed E-state index contributed by atoms with van der Waals surface area (Å²) in [5, 5.41) is 30.2. The molecule has 0 aliphatic heterocycles. The molecule has 1 aromatic rings. The Hall–Kier alpha value is -3.23. The minimum Gasteiger partial charge on any atom is -0.491 e. The van der Waals surface area contributed by atoms with Gasteiger partial charge in [0, 0.05) is 11.5 Å². The fraction of sp³-hybridized carbons (Fsp3) is 0.458. The van der Waals surface area contributed by atoms with Crippen molar-refractivity contribution in [2.45, 2.75) is 52.1 Å². The monoisotopic (exact) mass is 386 g/mol. The minimum absolute atomic E-state index is 0.0503. The van der Waals surface area contributed by atoms with E-state index in [1.807, 2.05) is 38.1 Å². The van der Waals surface area contributed by atoms with Crippen LogP contribution in [0.2, 0.25) is 0 Å². The molecule has 3 unspecified atom stereocenters. The van der Waals surface area contributed by atoms with Gasteiger partial charge in [0.25, 0.3) is 0 Å². The van der Waals surface area contributed by atoms with Gasteiger partial charge in [0.2, 0.25) is 0 Å². The summed E-state index contributed by atoms with van der Waals surface area (Å²) in [7, 11) is 0. The normalized spacial score (nSPS) is 25.3. The van der Waals surface area contributed by atoms with Crippen LogP contribution in [0.3, 0.4) is 0 Å². The second-order valence-corrected chi connectivity index (χ2v) is 8.13. The third-order valence-corrected chi connectivity index (χ3v) is 6.17. The Morgan fingerprint density at radius 3 is 2.48 bits per heavy atom. The Morgan fingerprint density at radius 1 is 1.21 bits per heavy atom. The number of nitrogens with two attached hydrogens (primary N) is 1. The van der Waals surface area contributed by atoms with Crippen molar-refractivity contribution in [2.75, 3.05) is 0 Å². The molecule has 2 aliphatic rings. The lowest BCUT2D eigenvalue weighted by atomic mass is 9.55. The molecule has 0 bridgehead atoms. The number of ether oxygens (including phenoxy) is 1. The number of nitriles is 3. The molecule has 0 aromatic heterocycles. The average Bonchev–Trinajstić information content (AvgIpc) is 2.73. The largest absolute Gasteiger partial charge is 0.491 e. The lowest BCUT2D eigenvalue weighted by molar-refractivity contribution is 0.225. The maximum atomic E-state index is 10.2. The van der Waals surface area contributed by atoms with Gasteiger partial charge in [-0.1, -0.05) is 37.6 Å². The molecule has 0 saturated heterocycles. The summed E-state index contributed by atoms with van der Waals surface area (Å²) in [5.74, 6) is 0.476. The molecule has 0 heterocycles. The Kier molecular flexibility index (Phi) is 5.67. The first-order chi connectivity index (χ1) is 13.9. The van der Waals surface area contributed by atoms with E-state index in [1.54, 1.807) is 0 Å². The molecule has 148 valence electrons. The zero-order valence-corrected chi connectivity index (χ0v) is 17.1. The third-order valence-electron chi connectivity index (χ3n) is 6.17. The van der Waals surface area contributed by atoms with Crippen LogP contribution in [0.5, 0.6) is 5.75 Å². The number of allylic oxidation sites excluding steroid dienone is 4. The van der Waals surface area contributed by atoms with Crippen LogP contribution in [0.25, 0.3) is 0 Å². The molecular formula is C24H26N4O. The van der Waals surface area contributed by atoms with Crippen LogP contribution in [0.4, 0.5) is 0 Å². The first-order valence-electron chi connectivity index (χ1n) is 10.1. The SMILES string of the molecule is CCC1CC=C2C(C#N)=C(N)C(C#N)(C#N)C(c3ccccc3OC(C)C)C2C1. The summed E-state index contributed by atoms with van der Waals surface area (Å²) < 4.78 is 6.04. The van der Waals surface area contributed by atoms with Crippen LogP contribution in [-0.2, 0) is 0 Å². The van der Waals surface area contributed by atoms with Gasteiger partial charge in [0.05, 0.1) is 29.5 Å². The van der Waals surface area contributed by atoms with E-state index in [0.717, 1.165) is 30.4 Å². The highest BCUT2D eigenvalue weighted by Crippen LogP contribution is 2.58. The number of para-hydroxylation sites is 1. The van der Waals surface area contributed by atoms with E-state index in [-0.39, 0.29) is 17.7 Å². The van der Waals surface area contributed by atoms with Gasteiger partial charge in [-0.2, -0.15) is 15.8 Å². The summed E-state index contributed by atoms with van der Waals surface area (Å²) in [6, 6.07) is 14.2. The molecule has 2 aliphatic carbocycles. The van der Waals surface area contributed by atoms with Gasteiger partial charge in [-0.05, 0) is 50.2 Å². The van der Waals surface area contributed by atoms with Crippen molar-refractivity contribution in [1.82, 2.24) is 0 Å². The second-order valence-electron chi connectivity index (χ2n) is 8.13. The molecule has 0 saturated carbocycles. The van der Waals surface area contributed by atoms with E-state index in [2.05, 4.69) is 31.2 Å². The Balaban J connectivity index is 2.32. The lowest BCUT2D eigenvalue weighted by Gasteiger charge is -2.45. The first-order valence-corrected chi connectivity index (χ1v) is 10.1. The van der Waals surface area contributed by atoms with Gasteiger partial charge in [0.15, 0.2) is 5.41 Å². The van der Waals surface area contributed by atoms with Crippen molar-refractivity contribution in [3.63, 3.8) is 0 Å². The summed E-state index contributed by atoms with van der Waals surface area (Å²) in [6.45, 7) is 6.04. The Bertz CT molecular complexity index is 969. The molecular weight excluding hydrogens is 360 g/mol. The van der Waals surface area contributed by atoms with E-state index in [1.165, 1.54) is 0 Å². The third kappa shape index (κ3) is 3.26. The molecule has 29 heavy (non-hydrogen) atoms. The van der Waals surface area contributed by atoms with Gasteiger partial charge >= 0.3 is 0 Å². The molecule has 3 rings (SSSR count). The van der Waals surface area contributed by atoms with Crippen LogP contribution in [0, 0.1) is 51.2 Å². The number of rotatable bonds is 4. The van der Waals surface area contributed by atoms with Crippen molar-refractivity contribution in [2.24, 2.45) is 23.0 Å². The van der Waals surface area contributed by atoms with E-state index >= 15 is 0 Å². The molecule has 0 fully saturated rings. The zero-order valence-electron chi connectivity index (χ0n) is 17.1. The lowest BCUT2D eigenvalue weighted by Crippen LogP contribution is -2.43. The number of benzene rings is 1. The van der Waals surface area contributed by atoms with Crippen LogP contribution in [0.1, 0.15) is 51.5 Å². The molecule has 0 spiro atoms. The van der Waals surface area contributed by atoms with Gasteiger partial charge in [-0.3, -0.25) is 0 Å². The number of fused-ring (bicyclic) bond motifs is 1. The topological polar surface area (TPSA) is 107 Å². The summed E-state index contributed by atoms with van der Waals surface area (Å²) in [6.07, 6.45) is 4.73.